The van der Waals surface area contributed by atoms with Crippen molar-refractivity contribution < 1.29 is 37.3 Å². The van der Waals surface area contributed by atoms with E-state index in [1.807, 2.05) is 21.1 Å². The van der Waals surface area contributed by atoms with Crippen LogP contribution < -0.4 is 0 Å². The van der Waals surface area contributed by atoms with Gasteiger partial charge in [0.05, 0.1) is 34.4 Å². The van der Waals surface area contributed by atoms with Crippen molar-refractivity contribution in [1.82, 2.24) is 0 Å². The van der Waals surface area contributed by atoms with Gasteiger partial charge in [-0.2, -0.15) is 0 Å². The minimum absolute atomic E-state index is 0.0875. The molecule has 0 bridgehead atoms. The Hall–Kier alpha value is -1.28. The van der Waals surface area contributed by atoms with Gasteiger partial charge in [-0.15, -0.1) is 0 Å². The summed E-state index contributed by atoms with van der Waals surface area (Å²) in [5.41, 5.74) is 0. The normalized spacial score (nSPS) is 13.8. The lowest BCUT2D eigenvalue weighted by Gasteiger charge is -2.24. The molecular weight excluding hydrogens is 818 g/mol. The van der Waals surface area contributed by atoms with Crippen LogP contribution in [-0.4, -0.2) is 75.6 Å². The van der Waals surface area contributed by atoms with E-state index in [1.54, 1.807) is 0 Å². The number of rotatable bonds is 51. The first kappa shape index (κ1) is 62.7. The second-order valence-electron chi connectivity index (χ2n) is 19.6. The molecule has 2 atom stereocenters. The number of phosphoric ester groups is 1. The molecule has 0 amide bonds. The van der Waals surface area contributed by atoms with Crippen LogP contribution in [0.3, 0.4) is 0 Å². The van der Waals surface area contributed by atoms with E-state index in [2.05, 4.69) is 50.3 Å². The largest absolute Gasteiger partial charge is 0.472 e. The lowest BCUT2D eigenvalue weighted by Crippen LogP contribution is -2.37. The van der Waals surface area contributed by atoms with E-state index in [1.165, 1.54) is 186 Å². The molecule has 0 heterocycles. The summed E-state index contributed by atoms with van der Waals surface area (Å²) in [6.07, 6.45) is 59.1. The Bertz CT molecular complexity index is 1120. The van der Waals surface area contributed by atoms with Crippen molar-refractivity contribution in [3.8, 4) is 0 Å². The Kier molecular flexibility index (Phi) is 47.2. The van der Waals surface area contributed by atoms with Crippen molar-refractivity contribution in [2.45, 2.75) is 258 Å². The smallest absolute Gasteiger partial charge is 0.457 e. The second-order valence-corrected chi connectivity index (χ2v) is 21.1. The number of hydrogen-bond donors (Lipinski definition) is 1. The highest BCUT2D eigenvalue weighted by molar-refractivity contribution is 7.47. The predicted molar refractivity (Wildman–Crippen MR) is 275 cm³/mol. The third kappa shape index (κ3) is 51.7. The van der Waals surface area contributed by atoms with Crippen LogP contribution >= 0.6 is 7.82 Å². The third-order valence-electron chi connectivity index (χ3n) is 11.9. The minimum Gasteiger partial charge on any atom is -0.457 e. The summed E-state index contributed by atoms with van der Waals surface area (Å²) in [4.78, 5) is 23.0. The van der Waals surface area contributed by atoms with Gasteiger partial charge in [0.25, 0.3) is 0 Å². The number of allylic oxidation sites excluding steroid dienone is 6. The van der Waals surface area contributed by atoms with Gasteiger partial charge in [-0.05, 0) is 70.6 Å². The molecular formula is C55H107NO7P+. The first-order chi connectivity index (χ1) is 31.1. The van der Waals surface area contributed by atoms with Gasteiger partial charge in [0.2, 0.25) is 0 Å². The average Bonchev–Trinajstić information content (AvgIpc) is 3.25. The highest BCUT2D eigenvalue weighted by Crippen LogP contribution is 2.43. The monoisotopic (exact) mass is 925 g/mol. The Labute approximate surface area is 397 Å². The standard InChI is InChI=1S/C55H106NO7P/c1-6-8-10-12-14-16-18-20-22-24-26-27-28-29-30-31-33-35-37-39-41-43-45-47-50-60-52-54(53-62-64(58,59)61-51-49-56(3,4)5)63-55(57)48-46-44-42-40-38-36-34-32-25-23-21-19-17-15-13-11-9-7-2/h17,19,23-26,54H,6-16,18,20-22,27-53H2,1-5H3/p+1/b19-17-,25-23-,26-24-. The van der Waals surface area contributed by atoms with Crippen LogP contribution in [0.2, 0.25) is 0 Å². The number of likely N-dealkylation sites (N-methyl/N-ethyl adjacent to an activating group) is 1. The van der Waals surface area contributed by atoms with Crippen LogP contribution in [0.15, 0.2) is 36.5 Å². The summed E-state index contributed by atoms with van der Waals surface area (Å²) in [5.74, 6) is -0.318. The minimum atomic E-state index is -4.28. The SMILES string of the molecule is CCCCCC/C=C\C/C=C\CCCCCCCCCC(=O)OC(COCCCCCCCCCCCCCC/C=C\CCCCCCCCCC)COP(=O)(O)OCC[N+](C)(C)C. The Morgan fingerprint density at radius 3 is 1.30 bits per heavy atom. The van der Waals surface area contributed by atoms with E-state index in [-0.39, 0.29) is 25.8 Å². The molecule has 0 aromatic heterocycles. The molecule has 0 radical (unpaired) electrons. The van der Waals surface area contributed by atoms with Crippen LogP contribution in [0.1, 0.15) is 251 Å². The molecule has 0 aliphatic rings. The lowest BCUT2D eigenvalue weighted by atomic mass is 10.0. The van der Waals surface area contributed by atoms with Crippen LogP contribution in [0.5, 0.6) is 0 Å². The topological polar surface area (TPSA) is 91.3 Å². The first-order valence-corrected chi connectivity index (χ1v) is 28.7. The number of nitrogens with zero attached hydrogens (tertiary/aromatic N) is 1. The number of esters is 1. The van der Waals surface area contributed by atoms with Crippen molar-refractivity contribution in [2.24, 2.45) is 0 Å². The summed E-state index contributed by atoms with van der Waals surface area (Å²) in [6.45, 7) is 5.63. The third-order valence-corrected chi connectivity index (χ3v) is 12.9. The molecule has 0 aliphatic heterocycles. The Morgan fingerprint density at radius 1 is 0.484 bits per heavy atom. The summed E-state index contributed by atoms with van der Waals surface area (Å²) in [7, 11) is 1.67. The molecule has 0 saturated carbocycles. The molecule has 2 unspecified atom stereocenters. The fraction of sp³-hybridized carbons (Fsp3) is 0.873. The molecule has 378 valence electrons. The highest BCUT2D eigenvalue weighted by Gasteiger charge is 2.26. The molecule has 9 heteroatoms. The van der Waals surface area contributed by atoms with E-state index in [4.69, 9.17) is 18.5 Å². The zero-order valence-electron chi connectivity index (χ0n) is 43.0. The van der Waals surface area contributed by atoms with Crippen molar-refractivity contribution in [3.05, 3.63) is 36.5 Å². The van der Waals surface area contributed by atoms with Crippen molar-refractivity contribution in [2.75, 3.05) is 54.1 Å². The quantitative estimate of drug-likeness (QED) is 0.0214. The highest BCUT2D eigenvalue weighted by atomic mass is 31.2. The van der Waals surface area contributed by atoms with Crippen molar-refractivity contribution in [3.63, 3.8) is 0 Å². The zero-order valence-corrected chi connectivity index (χ0v) is 43.9. The van der Waals surface area contributed by atoms with Gasteiger partial charge in [0, 0.05) is 13.0 Å². The zero-order chi connectivity index (χ0) is 46.9. The van der Waals surface area contributed by atoms with Gasteiger partial charge in [0.15, 0.2) is 0 Å². The number of phosphoric acid groups is 1. The first-order valence-electron chi connectivity index (χ1n) is 27.2. The maximum absolute atomic E-state index is 12.8. The molecule has 0 fully saturated rings. The molecule has 0 aromatic carbocycles. The average molecular weight is 925 g/mol. The Balaban J connectivity index is 4.09. The number of carbonyl (C=O) groups excluding carboxylic acids is 1. The van der Waals surface area contributed by atoms with Crippen molar-refractivity contribution in [1.29, 1.82) is 0 Å². The lowest BCUT2D eigenvalue weighted by molar-refractivity contribution is -0.870. The molecule has 0 rings (SSSR count). The fourth-order valence-electron chi connectivity index (χ4n) is 7.70. The predicted octanol–water partition coefficient (Wildman–Crippen LogP) is 16.9. The molecule has 1 N–H and O–H groups in total. The van der Waals surface area contributed by atoms with Crippen LogP contribution in [0, 0.1) is 0 Å². The van der Waals surface area contributed by atoms with E-state index in [0.717, 1.165) is 44.9 Å². The van der Waals surface area contributed by atoms with Crippen LogP contribution in [0.25, 0.3) is 0 Å². The van der Waals surface area contributed by atoms with Crippen LogP contribution in [-0.2, 0) is 27.9 Å². The van der Waals surface area contributed by atoms with Gasteiger partial charge in [0.1, 0.15) is 19.3 Å². The number of hydrogen-bond acceptors (Lipinski definition) is 6. The van der Waals surface area contributed by atoms with E-state index >= 15 is 0 Å². The van der Waals surface area contributed by atoms with E-state index < -0.39 is 13.9 Å². The van der Waals surface area contributed by atoms with Gasteiger partial charge < -0.3 is 18.9 Å². The summed E-state index contributed by atoms with van der Waals surface area (Å²) < 4.78 is 35.2. The number of unbranched alkanes of at least 4 members (excludes halogenated alkanes) is 31. The molecule has 0 saturated heterocycles. The van der Waals surface area contributed by atoms with Gasteiger partial charge in [-0.25, -0.2) is 4.57 Å². The maximum Gasteiger partial charge on any atom is 0.472 e. The van der Waals surface area contributed by atoms with Gasteiger partial charge >= 0.3 is 13.8 Å². The van der Waals surface area contributed by atoms with Crippen LogP contribution in [0.4, 0.5) is 0 Å². The second kappa shape index (κ2) is 48.2. The van der Waals surface area contributed by atoms with E-state index in [9.17, 15) is 14.3 Å². The summed E-state index contributed by atoms with van der Waals surface area (Å²) >= 11 is 0. The number of ether oxygens (including phenoxy) is 2. The number of carbonyl (C=O) groups is 1. The Morgan fingerprint density at radius 2 is 0.859 bits per heavy atom. The number of quaternary nitrogens is 1. The summed E-state index contributed by atoms with van der Waals surface area (Å²) in [5, 5.41) is 0. The molecule has 8 nitrogen and oxygen atoms in total. The molecule has 0 aliphatic carbocycles. The molecule has 0 spiro atoms. The summed E-state index contributed by atoms with van der Waals surface area (Å²) in [6, 6.07) is 0. The maximum atomic E-state index is 12.8. The van der Waals surface area contributed by atoms with E-state index in [0.29, 0.717) is 24.1 Å². The van der Waals surface area contributed by atoms with Gasteiger partial charge in [-0.1, -0.05) is 211 Å². The molecule has 0 aromatic rings. The van der Waals surface area contributed by atoms with Crippen molar-refractivity contribution >= 4 is 13.8 Å². The molecule has 64 heavy (non-hydrogen) atoms. The fourth-order valence-corrected chi connectivity index (χ4v) is 8.44. The van der Waals surface area contributed by atoms with Gasteiger partial charge in [-0.3, -0.25) is 13.8 Å².